The number of hydrogen-bond acceptors (Lipinski definition) is 4. The molecule has 0 spiro atoms. The van der Waals surface area contributed by atoms with Gasteiger partial charge in [-0.2, -0.15) is 12.0 Å². The first kappa shape index (κ1) is 12.2. The maximum Gasteiger partial charge on any atom is 0.408 e. The van der Waals surface area contributed by atoms with Gasteiger partial charge in [0.15, 0.2) is 0 Å². The van der Waals surface area contributed by atoms with E-state index in [1.165, 1.54) is 0 Å². The average molecular weight is 214 g/mol. The third-order valence-corrected chi connectivity index (χ3v) is 2.74. The van der Waals surface area contributed by atoms with E-state index in [-0.39, 0.29) is 0 Å². The lowest BCUT2D eigenvalue weighted by atomic mass is 10.2. The Morgan fingerprint density at radius 1 is 1.33 bits per heavy atom. The van der Waals surface area contributed by atoms with Crippen molar-refractivity contribution >= 4 is 22.4 Å². The second kappa shape index (κ2) is 6.71. The van der Waals surface area contributed by atoms with E-state index in [9.17, 15) is 8.42 Å². The quantitative estimate of drug-likeness (QED) is 0.399. The van der Waals surface area contributed by atoms with Gasteiger partial charge in [-0.3, -0.25) is 4.55 Å². The van der Waals surface area contributed by atoms with E-state index in [4.69, 9.17) is 4.55 Å². The van der Waals surface area contributed by atoms with Crippen molar-refractivity contribution < 1.29 is 16.6 Å². The van der Waals surface area contributed by atoms with Crippen LogP contribution in [0.4, 0.5) is 0 Å². The van der Waals surface area contributed by atoms with Crippen LogP contribution in [0, 0.1) is 0 Å². The van der Waals surface area contributed by atoms with E-state index in [2.05, 4.69) is 10.6 Å². The highest BCUT2D eigenvalue weighted by atomic mass is 32.3. The summed E-state index contributed by atoms with van der Waals surface area (Å²) < 4.78 is 32.3. The van der Waals surface area contributed by atoms with Gasteiger partial charge < -0.3 is 0 Å². The van der Waals surface area contributed by atoms with E-state index in [1.807, 2.05) is 0 Å². The van der Waals surface area contributed by atoms with Crippen molar-refractivity contribution in [3.05, 3.63) is 0 Å². The summed E-state index contributed by atoms with van der Waals surface area (Å²) in [4.78, 5) is 0. The minimum atomic E-state index is -4.25. The predicted molar refractivity (Wildman–Crippen MR) is 49.2 cm³/mol. The van der Waals surface area contributed by atoms with Crippen LogP contribution in [0.2, 0.25) is 0 Å². The molecule has 6 heteroatoms. The monoisotopic (exact) mass is 214 g/mol. The Morgan fingerprint density at radius 2 is 2.00 bits per heavy atom. The first-order valence-corrected chi connectivity index (χ1v) is 6.12. The van der Waals surface area contributed by atoms with Gasteiger partial charge in [-0.15, -0.1) is 0 Å². The molecule has 4 nitrogen and oxygen atoms in total. The molecule has 0 unspecified atom stereocenters. The molecule has 1 N–H and O–H groups in total. The summed E-state index contributed by atoms with van der Waals surface area (Å²) in [5, 5.41) is 0. The Bertz CT molecular complexity index is 188. The summed E-state index contributed by atoms with van der Waals surface area (Å²) in [5.74, 6) is 0.597. The molecule has 0 heterocycles. The molecule has 0 saturated heterocycles. The zero-order chi connectivity index (χ0) is 9.45. The molecular weight excluding hydrogens is 200 g/mol. The molecule has 0 atom stereocenters. The average Bonchev–Trinajstić information content (AvgIpc) is 1.94. The normalized spacial score (nSPS) is 11.8. The van der Waals surface area contributed by atoms with Crippen molar-refractivity contribution in [1.29, 1.82) is 0 Å². The first-order chi connectivity index (χ1) is 5.56. The summed E-state index contributed by atoms with van der Waals surface area (Å²) >= 11 is 0.773. The first-order valence-electron chi connectivity index (χ1n) is 3.85. The van der Waals surface area contributed by atoms with E-state index in [1.54, 1.807) is 0 Å². The largest absolute Gasteiger partial charge is 0.408 e. The van der Waals surface area contributed by atoms with E-state index in [0.717, 1.165) is 37.7 Å². The maximum atomic E-state index is 10.0. The fourth-order valence-corrected chi connectivity index (χ4v) is 1.76. The third-order valence-electron chi connectivity index (χ3n) is 1.22. The summed E-state index contributed by atoms with van der Waals surface area (Å²) in [6.07, 6.45) is 4.27. The fraction of sp³-hybridized carbons (Fsp3) is 1.00. The number of hydrogen-bond donors (Lipinski definition) is 1. The van der Waals surface area contributed by atoms with Gasteiger partial charge in [-0.25, -0.2) is 0 Å². The second-order valence-electron chi connectivity index (χ2n) is 2.38. The van der Waals surface area contributed by atoms with Crippen LogP contribution in [0.1, 0.15) is 32.6 Å². The van der Waals surface area contributed by atoms with Gasteiger partial charge >= 0.3 is 10.4 Å². The lowest BCUT2D eigenvalue weighted by Crippen LogP contribution is -1.97. The zero-order valence-corrected chi connectivity index (χ0v) is 8.66. The molecule has 0 aromatic heterocycles. The highest BCUT2D eigenvalue weighted by molar-refractivity contribution is 8.02. The van der Waals surface area contributed by atoms with Crippen molar-refractivity contribution in [3.8, 4) is 0 Å². The Hall–Kier alpha value is 0.220. The van der Waals surface area contributed by atoms with Crippen LogP contribution in [-0.2, 0) is 14.0 Å². The van der Waals surface area contributed by atoms with E-state index in [0.29, 0.717) is 5.75 Å². The van der Waals surface area contributed by atoms with Crippen molar-refractivity contribution in [2.24, 2.45) is 0 Å². The molecule has 0 aromatic carbocycles. The van der Waals surface area contributed by atoms with Gasteiger partial charge in [0.05, 0.1) is 0 Å². The van der Waals surface area contributed by atoms with E-state index < -0.39 is 10.4 Å². The van der Waals surface area contributed by atoms with Gasteiger partial charge in [-0.1, -0.05) is 26.2 Å². The molecule has 0 radical (unpaired) electrons. The van der Waals surface area contributed by atoms with Crippen LogP contribution < -0.4 is 0 Å². The second-order valence-corrected chi connectivity index (χ2v) is 4.42. The SMILES string of the molecule is CCCCCCSOS(=O)(=O)O. The minimum absolute atomic E-state index is 0.597. The van der Waals surface area contributed by atoms with Crippen LogP contribution >= 0.6 is 12.0 Å². The summed E-state index contributed by atoms with van der Waals surface area (Å²) in [7, 11) is -4.25. The molecular formula is C6H14O4S2. The standard InChI is InChI=1S/C6H14O4S2/c1-2-3-4-5-6-11-10-12(7,8)9/h2-6H2,1H3,(H,7,8,9). The molecule has 0 aromatic rings. The molecule has 0 aliphatic heterocycles. The molecule has 12 heavy (non-hydrogen) atoms. The predicted octanol–water partition coefficient (Wildman–Crippen LogP) is 2.03. The van der Waals surface area contributed by atoms with Crippen LogP contribution in [0.25, 0.3) is 0 Å². The molecule has 0 fully saturated rings. The maximum absolute atomic E-state index is 10.0. The Labute approximate surface area is 77.8 Å². The van der Waals surface area contributed by atoms with Crippen LogP contribution in [0.5, 0.6) is 0 Å². The molecule has 0 aliphatic carbocycles. The zero-order valence-electron chi connectivity index (χ0n) is 7.02. The van der Waals surface area contributed by atoms with Gasteiger partial charge in [0.2, 0.25) is 0 Å². The van der Waals surface area contributed by atoms with Gasteiger partial charge in [0.1, 0.15) is 0 Å². The van der Waals surface area contributed by atoms with Crippen LogP contribution in [-0.4, -0.2) is 18.7 Å². The minimum Gasteiger partial charge on any atom is -0.263 e. The van der Waals surface area contributed by atoms with Gasteiger partial charge in [-0.05, 0) is 6.42 Å². The summed E-state index contributed by atoms with van der Waals surface area (Å²) in [6, 6.07) is 0. The number of rotatable bonds is 7. The molecule has 0 amide bonds. The highest BCUT2D eigenvalue weighted by Gasteiger charge is 2.03. The fourth-order valence-electron chi connectivity index (χ4n) is 0.683. The smallest absolute Gasteiger partial charge is 0.263 e. The lowest BCUT2D eigenvalue weighted by molar-refractivity contribution is 0.407. The van der Waals surface area contributed by atoms with Crippen LogP contribution in [0.15, 0.2) is 0 Å². The van der Waals surface area contributed by atoms with Crippen molar-refractivity contribution in [2.75, 3.05) is 5.75 Å². The van der Waals surface area contributed by atoms with E-state index >= 15 is 0 Å². The highest BCUT2D eigenvalue weighted by Crippen LogP contribution is 2.10. The summed E-state index contributed by atoms with van der Waals surface area (Å²) in [6.45, 7) is 2.10. The van der Waals surface area contributed by atoms with Gasteiger partial charge in [0, 0.05) is 17.8 Å². The Morgan fingerprint density at radius 3 is 2.50 bits per heavy atom. The van der Waals surface area contributed by atoms with Gasteiger partial charge in [0.25, 0.3) is 0 Å². The van der Waals surface area contributed by atoms with Crippen LogP contribution in [0.3, 0.4) is 0 Å². The topological polar surface area (TPSA) is 63.6 Å². The van der Waals surface area contributed by atoms with Crippen molar-refractivity contribution in [3.63, 3.8) is 0 Å². The molecule has 0 bridgehead atoms. The molecule has 0 saturated carbocycles. The number of unbranched alkanes of at least 4 members (excludes halogenated alkanes) is 3. The molecule has 0 aliphatic rings. The summed E-state index contributed by atoms with van der Waals surface area (Å²) in [5.41, 5.74) is 0. The Balaban J connectivity index is 3.12. The third kappa shape index (κ3) is 10.2. The molecule has 0 rings (SSSR count). The Kier molecular flexibility index (Phi) is 6.83. The van der Waals surface area contributed by atoms with Crippen molar-refractivity contribution in [2.45, 2.75) is 32.6 Å². The lowest BCUT2D eigenvalue weighted by Gasteiger charge is -1.97. The van der Waals surface area contributed by atoms with Crippen molar-refractivity contribution in [1.82, 2.24) is 0 Å². The molecule has 74 valence electrons.